The van der Waals surface area contributed by atoms with E-state index in [4.69, 9.17) is 4.74 Å². The van der Waals surface area contributed by atoms with Gasteiger partial charge in [0, 0.05) is 38.8 Å². The second-order valence-electron chi connectivity index (χ2n) is 5.62. The molecule has 2 N–H and O–H groups in total. The lowest BCUT2D eigenvalue weighted by atomic mass is 10.0. The van der Waals surface area contributed by atoms with E-state index in [1.165, 1.54) is 0 Å². The van der Waals surface area contributed by atoms with E-state index in [2.05, 4.69) is 46.5 Å². The fourth-order valence-corrected chi connectivity index (χ4v) is 2.24. The van der Waals surface area contributed by atoms with Gasteiger partial charge in [0.05, 0.1) is 13.2 Å². The molecule has 1 aliphatic heterocycles. The first-order valence-electron chi connectivity index (χ1n) is 7.48. The molecule has 5 nitrogen and oxygen atoms in total. The van der Waals surface area contributed by atoms with Crippen LogP contribution in [0.15, 0.2) is 17.1 Å². The minimum absolute atomic E-state index is 0. The first-order chi connectivity index (χ1) is 9.60. The number of rotatable bonds is 6. The molecule has 0 aromatic carbocycles. The van der Waals surface area contributed by atoms with Crippen LogP contribution in [0.4, 0.5) is 0 Å². The lowest BCUT2D eigenvalue weighted by Gasteiger charge is -2.41. The largest absolute Gasteiger partial charge is 0.379 e. The van der Waals surface area contributed by atoms with Crippen LogP contribution in [0.3, 0.4) is 0 Å². The molecule has 0 aromatic heterocycles. The van der Waals surface area contributed by atoms with Crippen LogP contribution >= 0.6 is 24.0 Å². The Kier molecular flexibility index (Phi) is 11.1. The Morgan fingerprint density at radius 2 is 1.95 bits per heavy atom. The quantitative estimate of drug-likeness (QED) is 0.231. The number of guanidine groups is 1. The van der Waals surface area contributed by atoms with Crippen molar-refractivity contribution >= 4 is 29.9 Å². The zero-order chi connectivity index (χ0) is 14.8. The summed E-state index contributed by atoms with van der Waals surface area (Å²) in [4.78, 5) is 6.73. The lowest BCUT2D eigenvalue weighted by molar-refractivity contribution is -0.00833. The smallest absolute Gasteiger partial charge is 0.191 e. The van der Waals surface area contributed by atoms with Gasteiger partial charge in [-0.15, -0.1) is 24.0 Å². The van der Waals surface area contributed by atoms with E-state index in [0.29, 0.717) is 0 Å². The summed E-state index contributed by atoms with van der Waals surface area (Å²) in [5, 5.41) is 6.74. The van der Waals surface area contributed by atoms with Gasteiger partial charge in [-0.2, -0.15) is 0 Å². The van der Waals surface area contributed by atoms with Gasteiger partial charge in [0.25, 0.3) is 0 Å². The fraction of sp³-hybridized carbons (Fsp3) is 0.800. The number of nitrogens with zero attached hydrogens (tertiary/aromatic N) is 2. The molecule has 1 aliphatic rings. The van der Waals surface area contributed by atoms with Crippen LogP contribution in [0.2, 0.25) is 0 Å². The van der Waals surface area contributed by atoms with Crippen LogP contribution in [0, 0.1) is 0 Å². The van der Waals surface area contributed by atoms with Crippen molar-refractivity contribution in [2.45, 2.75) is 32.7 Å². The van der Waals surface area contributed by atoms with Gasteiger partial charge in [-0.25, -0.2) is 0 Å². The maximum atomic E-state index is 5.41. The van der Waals surface area contributed by atoms with Crippen molar-refractivity contribution in [2.75, 3.05) is 46.4 Å². The van der Waals surface area contributed by atoms with E-state index >= 15 is 0 Å². The molecule has 0 radical (unpaired) electrons. The first kappa shape index (κ1) is 20.7. The summed E-state index contributed by atoms with van der Waals surface area (Å²) >= 11 is 0. The molecule has 1 saturated heterocycles. The van der Waals surface area contributed by atoms with Crippen molar-refractivity contribution in [3.8, 4) is 0 Å². The number of ether oxygens (including phenoxy) is 1. The van der Waals surface area contributed by atoms with E-state index in [0.717, 1.165) is 51.8 Å². The molecule has 6 heteroatoms. The number of morpholine rings is 1. The highest BCUT2D eigenvalue weighted by molar-refractivity contribution is 14.0. The average Bonchev–Trinajstić information content (AvgIpc) is 2.47. The zero-order valence-electron chi connectivity index (χ0n) is 13.8. The normalized spacial score (nSPS) is 17.6. The second-order valence-corrected chi connectivity index (χ2v) is 5.62. The number of allylic oxidation sites excluding steroid dienone is 1. The molecule has 21 heavy (non-hydrogen) atoms. The third-order valence-corrected chi connectivity index (χ3v) is 3.62. The minimum Gasteiger partial charge on any atom is -0.379 e. The Morgan fingerprint density at radius 3 is 2.52 bits per heavy atom. The second kappa shape index (κ2) is 11.3. The van der Waals surface area contributed by atoms with Gasteiger partial charge in [-0.1, -0.05) is 12.2 Å². The lowest BCUT2D eigenvalue weighted by Crippen LogP contribution is -2.56. The van der Waals surface area contributed by atoms with Crippen LogP contribution in [0.5, 0.6) is 0 Å². The van der Waals surface area contributed by atoms with Crippen LogP contribution in [0.1, 0.15) is 27.2 Å². The predicted molar refractivity (Wildman–Crippen MR) is 101 cm³/mol. The van der Waals surface area contributed by atoms with Crippen LogP contribution < -0.4 is 10.6 Å². The molecule has 0 amide bonds. The van der Waals surface area contributed by atoms with Crippen molar-refractivity contribution in [3.05, 3.63) is 12.2 Å². The number of halogens is 1. The highest BCUT2D eigenvalue weighted by Gasteiger charge is 2.28. The molecule has 0 bridgehead atoms. The van der Waals surface area contributed by atoms with Crippen molar-refractivity contribution in [1.82, 2.24) is 15.5 Å². The number of hydrogen-bond acceptors (Lipinski definition) is 3. The molecule has 0 spiro atoms. The van der Waals surface area contributed by atoms with Crippen LogP contribution in [0.25, 0.3) is 0 Å². The molecule has 0 unspecified atom stereocenters. The summed E-state index contributed by atoms with van der Waals surface area (Å²) in [6.07, 6.45) is 5.24. The molecule has 124 valence electrons. The van der Waals surface area contributed by atoms with Crippen molar-refractivity contribution < 1.29 is 4.74 Å². The average molecular weight is 410 g/mol. The molecule has 0 aromatic rings. The van der Waals surface area contributed by atoms with Crippen molar-refractivity contribution in [1.29, 1.82) is 0 Å². The summed E-state index contributed by atoms with van der Waals surface area (Å²) in [6.45, 7) is 12.0. The summed E-state index contributed by atoms with van der Waals surface area (Å²) in [5.41, 5.74) is 0.102. The third-order valence-electron chi connectivity index (χ3n) is 3.62. The first-order valence-corrected chi connectivity index (χ1v) is 7.48. The maximum absolute atomic E-state index is 5.41. The molecule has 0 atom stereocenters. The Labute approximate surface area is 146 Å². The van der Waals surface area contributed by atoms with E-state index in [-0.39, 0.29) is 29.5 Å². The molecule has 1 fully saturated rings. The molecule has 1 heterocycles. The van der Waals surface area contributed by atoms with Gasteiger partial charge in [0.2, 0.25) is 0 Å². The summed E-state index contributed by atoms with van der Waals surface area (Å²) in [6, 6.07) is 0. The van der Waals surface area contributed by atoms with Crippen molar-refractivity contribution in [2.24, 2.45) is 4.99 Å². The van der Waals surface area contributed by atoms with Crippen LogP contribution in [-0.2, 0) is 4.74 Å². The van der Waals surface area contributed by atoms with Gasteiger partial charge >= 0.3 is 0 Å². The molecule has 1 rings (SSSR count). The SMILES string of the molecule is CC=CCCNC(=NC)NCC(C)(C)N1CCOCC1.I. The summed E-state index contributed by atoms with van der Waals surface area (Å²) in [7, 11) is 1.81. The number of nitrogens with one attached hydrogen (secondary N) is 2. The number of hydrogen-bond donors (Lipinski definition) is 2. The monoisotopic (exact) mass is 410 g/mol. The molecule has 0 aliphatic carbocycles. The third kappa shape index (κ3) is 8.01. The van der Waals surface area contributed by atoms with E-state index in [9.17, 15) is 0 Å². The predicted octanol–water partition coefficient (Wildman–Crippen LogP) is 1.85. The Morgan fingerprint density at radius 1 is 1.29 bits per heavy atom. The van der Waals surface area contributed by atoms with E-state index in [1.807, 2.05) is 14.0 Å². The standard InChI is InChI=1S/C15H30N4O.HI/c1-5-6-7-8-17-14(16-4)18-13-15(2,3)19-9-11-20-12-10-19;/h5-6H,7-13H2,1-4H3,(H2,16,17,18);1H. The van der Waals surface area contributed by atoms with Crippen LogP contribution in [-0.4, -0.2) is 62.8 Å². The Hall–Kier alpha value is -0.340. The zero-order valence-corrected chi connectivity index (χ0v) is 16.1. The molecular formula is C15H31IN4O. The van der Waals surface area contributed by atoms with Gasteiger partial charge < -0.3 is 15.4 Å². The fourth-order valence-electron chi connectivity index (χ4n) is 2.24. The van der Waals surface area contributed by atoms with Gasteiger partial charge in [0.15, 0.2) is 5.96 Å². The van der Waals surface area contributed by atoms with E-state index in [1.54, 1.807) is 0 Å². The highest BCUT2D eigenvalue weighted by atomic mass is 127. The molecule has 0 saturated carbocycles. The summed E-state index contributed by atoms with van der Waals surface area (Å²) < 4.78 is 5.41. The van der Waals surface area contributed by atoms with E-state index < -0.39 is 0 Å². The Balaban J connectivity index is 0.00000400. The van der Waals surface area contributed by atoms with Gasteiger partial charge in [-0.3, -0.25) is 9.89 Å². The van der Waals surface area contributed by atoms with Crippen molar-refractivity contribution in [3.63, 3.8) is 0 Å². The highest BCUT2D eigenvalue weighted by Crippen LogP contribution is 2.14. The van der Waals surface area contributed by atoms with Gasteiger partial charge in [0.1, 0.15) is 0 Å². The Bertz CT molecular complexity index is 326. The summed E-state index contributed by atoms with van der Waals surface area (Å²) in [5.74, 6) is 0.871. The van der Waals surface area contributed by atoms with Gasteiger partial charge in [-0.05, 0) is 27.2 Å². The minimum atomic E-state index is 0. The molecular weight excluding hydrogens is 379 g/mol. The maximum Gasteiger partial charge on any atom is 0.191 e. The number of aliphatic imine (C=N–C) groups is 1. The topological polar surface area (TPSA) is 48.9 Å².